The van der Waals surface area contributed by atoms with Crippen molar-refractivity contribution in [2.75, 3.05) is 13.2 Å². The number of ether oxygens (including phenoxy) is 1. The lowest BCUT2D eigenvalue weighted by Gasteiger charge is -2.07. The van der Waals surface area contributed by atoms with Gasteiger partial charge in [0.2, 0.25) is 0 Å². The average Bonchev–Trinajstić information content (AvgIpc) is 2.36. The number of hydrogen-bond donors (Lipinski definition) is 2. The molecule has 0 spiro atoms. The molecule has 0 aromatic heterocycles. The van der Waals surface area contributed by atoms with Crippen LogP contribution in [0.15, 0.2) is 24.3 Å². The molecule has 3 N–H and O–H groups in total. The zero-order valence-electron chi connectivity index (χ0n) is 10.7. The minimum Gasteiger partial charge on any atom is -0.494 e. The van der Waals surface area contributed by atoms with Crippen molar-refractivity contribution in [3.63, 3.8) is 0 Å². The van der Waals surface area contributed by atoms with Crippen LogP contribution in [-0.2, 0) is 6.42 Å². The first-order valence-corrected chi connectivity index (χ1v) is 6.52. The van der Waals surface area contributed by atoms with E-state index in [2.05, 4.69) is 30.5 Å². The van der Waals surface area contributed by atoms with E-state index >= 15 is 0 Å². The van der Waals surface area contributed by atoms with Crippen LogP contribution < -0.4 is 16.0 Å². The van der Waals surface area contributed by atoms with Crippen LogP contribution in [0.1, 0.15) is 38.2 Å². The lowest BCUT2D eigenvalue weighted by molar-refractivity contribution is 0.306. The van der Waals surface area contributed by atoms with Crippen molar-refractivity contribution in [1.29, 1.82) is 0 Å². The van der Waals surface area contributed by atoms with E-state index in [1.54, 1.807) is 0 Å². The number of benzene rings is 1. The van der Waals surface area contributed by atoms with Crippen molar-refractivity contribution in [3.05, 3.63) is 29.8 Å². The number of hydrazine groups is 1. The largest absolute Gasteiger partial charge is 0.494 e. The van der Waals surface area contributed by atoms with Gasteiger partial charge in [-0.2, -0.15) is 0 Å². The normalized spacial score (nSPS) is 10.5. The van der Waals surface area contributed by atoms with Crippen LogP contribution in [0.3, 0.4) is 0 Å². The molecule has 3 nitrogen and oxygen atoms in total. The van der Waals surface area contributed by atoms with Gasteiger partial charge in [0.05, 0.1) is 6.61 Å². The highest BCUT2D eigenvalue weighted by molar-refractivity contribution is 5.28. The summed E-state index contributed by atoms with van der Waals surface area (Å²) in [5, 5.41) is 0. The highest BCUT2D eigenvalue weighted by atomic mass is 16.5. The fourth-order valence-electron chi connectivity index (χ4n) is 1.73. The maximum Gasteiger partial charge on any atom is 0.119 e. The summed E-state index contributed by atoms with van der Waals surface area (Å²) >= 11 is 0. The van der Waals surface area contributed by atoms with Crippen molar-refractivity contribution < 1.29 is 4.74 Å². The number of aryl methyl sites for hydroxylation is 1. The van der Waals surface area contributed by atoms with E-state index in [0.717, 1.165) is 38.2 Å². The van der Waals surface area contributed by atoms with Crippen molar-refractivity contribution in [2.45, 2.75) is 39.0 Å². The quantitative estimate of drug-likeness (QED) is 0.394. The fraction of sp³-hybridized carbons (Fsp3) is 0.571. The molecule has 0 aliphatic heterocycles. The Labute approximate surface area is 104 Å². The van der Waals surface area contributed by atoms with E-state index in [4.69, 9.17) is 10.6 Å². The van der Waals surface area contributed by atoms with Gasteiger partial charge < -0.3 is 4.74 Å². The number of unbranched alkanes of at least 4 members (excludes halogenated alkanes) is 2. The first kappa shape index (κ1) is 14.0. The summed E-state index contributed by atoms with van der Waals surface area (Å²) in [6.07, 6.45) is 5.70. The van der Waals surface area contributed by atoms with E-state index in [1.165, 1.54) is 18.4 Å². The Morgan fingerprint density at radius 3 is 2.88 bits per heavy atom. The smallest absolute Gasteiger partial charge is 0.119 e. The van der Waals surface area contributed by atoms with Gasteiger partial charge in [0.15, 0.2) is 0 Å². The Kier molecular flexibility index (Phi) is 7.43. The maximum absolute atomic E-state index is 5.71. The first-order valence-electron chi connectivity index (χ1n) is 6.52. The van der Waals surface area contributed by atoms with E-state index in [9.17, 15) is 0 Å². The minimum absolute atomic E-state index is 0.821. The standard InChI is InChI=1S/C14H24N2O/c1-2-3-4-11-17-14-9-5-7-13(12-14)8-6-10-16-15/h5,7,9,12,16H,2-4,6,8,10-11,15H2,1H3. The maximum atomic E-state index is 5.71. The van der Waals surface area contributed by atoms with Crippen molar-refractivity contribution in [3.8, 4) is 5.75 Å². The molecule has 0 radical (unpaired) electrons. The third-order valence-electron chi connectivity index (χ3n) is 2.70. The lowest BCUT2D eigenvalue weighted by Crippen LogP contribution is -2.23. The predicted molar refractivity (Wildman–Crippen MR) is 72.0 cm³/mol. The monoisotopic (exact) mass is 236 g/mol. The van der Waals surface area contributed by atoms with E-state index < -0.39 is 0 Å². The summed E-state index contributed by atoms with van der Waals surface area (Å²) < 4.78 is 5.71. The van der Waals surface area contributed by atoms with Crippen LogP contribution in [0.4, 0.5) is 0 Å². The molecule has 0 aliphatic carbocycles. The molecule has 0 bridgehead atoms. The molecule has 0 fully saturated rings. The zero-order valence-corrected chi connectivity index (χ0v) is 10.7. The van der Waals surface area contributed by atoms with Gasteiger partial charge >= 0.3 is 0 Å². The third-order valence-corrected chi connectivity index (χ3v) is 2.70. The van der Waals surface area contributed by atoms with Crippen molar-refractivity contribution in [2.24, 2.45) is 5.84 Å². The Balaban J connectivity index is 2.31. The summed E-state index contributed by atoms with van der Waals surface area (Å²) in [7, 11) is 0. The molecule has 3 heteroatoms. The summed E-state index contributed by atoms with van der Waals surface area (Å²) in [4.78, 5) is 0. The van der Waals surface area contributed by atoms with Gasteiger partial charge in [-0.3, -0.25) is 11.3 Å². The van der Waals surface area contributed by atoms with Gasteiger partial charge in [-0.05, 0) is 37.0 Å². The molecule has 0 unspecified atom stereocenters. The molecule has 0 atom stereocenters. The van der Waals surface area contributed by atoms with Crippen LogP contribution in [-0.4, -0.2) is 13.2 Å². The average molecular weight is 236 g/mol. The summed E-state index contributed by atoms with van der Waals surface area (Å²) in [5.74, 6) is 6.23. The van der Waals surface area contributed by atoms with Gasteiger partial charge in [0, 0.05) is 6.54 Å². The Hall–Kier alpha value is -1.06. The van der Waals surface area contributed by atoms with Crippen LogP contribution in [0.5, 0.6) is 5.75 Å². The van der Waals surface area contributed by atoms with Crippen LogP contribution in [0, 0.1) is 0 Å². The molecule has 0 aliphatic rings. The lowest BCUT2D eigenvalue weighted by atomic mass is 10.1. The second-order valence-corrected chi connectivity index (χ2v) is 4.26. The van der Waals surface area contributed by atoms with Gasteiger partial charge in [-0.25, -0.2) is 0 Å². The van der Waals surface area contributed by atoms with Gasteiger partial charge in [0.25, 0.3) is 0 Å². The van der Waals surface area contributed by atoms with Crippen LogP contribution in [0.25, 0.3) is 0 Å². The second-order valence-electron chi connectivity index (χ2n) is 4.26. The van der Waals surface area contributed by atoms with Crippen molar-refractivity contribution >= 4 is 0 Å². The molecule has 96 valence electrons. The molecular weight excluding hydrogens is 212 g/mol. The third kappa shape index (κ3) is 6.29. The minimum atomic E-state index is 0.821. The van der Waals surface area contributed by atoms with Gasteiger partial charge in [-0.15, -0.1) is 0 Å². The van der Waals surface area contributed by atoms with Crippen molar-refractivity contribution in [1.82, 2.24) is 5.43 Å². The summed E-state index contributed by atoms with van der Waals surface area (Å²) in [6.45, 7) is 3.87. The molecular formula is C14H24N2O. The molecule has 1 aromatic carbocycles. The molecule has 17 heavy (non-hydrogen) atoms. The summed E-state index contributed by atoms with van der Waals surface area (Å²) in [5.41, 5.74) is 3.98. The van der Waals surface area contributed by atoms with Gasteiger partial charge in [-0.1, -0.05) is 31.9 Å². The highest BCUT2D eigenvalue weighted by Gasteiger charge is 1.97. The molecule has 0 saturated carbocycles. The summed E-state index contributed by atoms with van der Waals surface area (Å²) in [6, 6.07) is 8.34. The number of rotatable bonds is 9. The molecule has 0 saturated heterocycles. The predicted octanol–water partition coefficient (Wildman–Crippen LogP) is 2.65. The number of nitrogens with two attached hydrogens (primary N) is 1. The number of hydrogen-bond acceptors (Lipinski definition) is 3. The SMILES string of the molecule is CCCCCOc1cccc(CCCNN)c1. The van der Waals surface area contributed by atoms with E-state index in [-0.39, 0.29) is 0 Å². The van der Waals surface area contributed by atoms with E-state index in [0.29, 0.717) is 0 Å². The Morgan fingerprint density at radius 1 is 1.24 bits per heavy atom. The first-order chi connectivity index (χ1) is 8.36. The zero-order chi connectivity index (χ0) is 12.3. The Bertz CT molecular complexity index is 302. The molecule has 0 heterocycles. The fourth-order valence-corrected chi connectivity index (χ4v) is 1.73. The second kappa shape index (κ2) is 9.02. The number of nitrogens with one attached hydrogen (secondary N) is 1. The van der Waals surface area contributed by atoms with E-state index in [1.807, 2.05) is 6.07 Å². The Morgan fingerprint density at radius 2 is 2.12 bits per heavy atom. The topological polar surface area (TPSA) is 47.3 Å². The molecule has 1 aromatic rings. The van der Waals surface area contributed by atoms with Crippen LogP contribution in [0.2, 0.25) is 0 Å². The van der Waals surface area contributed by atoms with Gasteiger partial charge in [0.1, 0.15) is 5.75 Å². The molecule has 0 amide bonds. The van der Waals surface area contributed by atoms with Crippen LogP contribution >= 0.6 is 0 Å². The highest BCUT2D eigenvalue weighted by Crippen LogP contribution is 2.15. The molecule has 1 rings (SSSR count).